The first-order valence-electron chi connectivity index (χ1n) is 4.97. The summed E-state index contributed by atoms with van der Waals surface area (Å²) in [5.74, 6) is -1.08. The first-order chi connectivity index (χ1) is 8.58. The van der Waals surface area contributed by atoms with Gasteiger partial charge >= 0.3 is 0 Å². The predicted octanol–water partition coefficient (Wildman–Crippen LogP) is 4.33. The highest BCUT2D eigenvalue weighted by atomic mass is 79.9. The van der Waals surface area contributed by atoms with Crippen LogP contribution in [0, 0.1) is 11.6 Å². The molecule has 0 amide bonds. The van der Waals surface area contributed by atoms with Crippen molar-refractivity contribution in [2.24, 2.45) is 0 Å². The van der Waals surface area contributed by atoms with Crippen LogP contribution in [-0.2, 0) is 0 Å². The maximum Gasteiger partial charge on any atom is 0.166 e. The van der Waals surface area contributed by atoms with Gasteiger partial charge in [-0.25, -0.2) is 8.78 Å². The van der Waals surface area contributed by atoms with Gasteiger partial charge in [0, 0.05) is 16.1 Å². The van der Waals surface area contributed by atoms with Crippen LogP contribution in [0.2, 0.25) is 0 Å². The molecule has 2 aromatic rings. The van der Waals surface area contributed by atoms with Crippen LogP contribution in [0.25, 0.3) is 0 Å². The number of benzene rings is 2. The van der Waals surface area contributed by atoms with Crippen LogP contribution >= 0.6 is 15.9 Å². The Hall–Kier alpha value is -1.75. The zero-order chi connectivity index (χ0) is 13.1. The molecular formula is C13H7BrF2O2. The Morgan fingerprint density at radius 2 is 1.89 bits per heavy atom. The predicted molar refractivity (Wildman–Crippen MR) is 66.0 cm³/mol. The van der Waals surface area contributed by atoms with Crippen molar-refractivity contribution in [1.29, 1.82) is 0 Å². The number of hydrogen-bond donors (Lipinski definition) is 0. The standard InChI is InChI=1S/C13H7BrF2O2/c14-9-4-10(15)6-11(5-9)18-13-2-1-8(7-17)3-12(13)16/h1-7H. The van der Waals surface area contributed by atoms with Crippen LogP contribution < -0.4 is 4.74 Å². The van der Waals surface area contributed by atoms with Crippen molar-refractivity contribution < 1.29 is 18.3 Å². The van der Waals surface area contributed by atoms with Gasteiger partial charge in [-0.1, -0.05) is 15.9 Å². The second kappa shape index (κ2) is 5.27. The third-order valence-electron chi connectivity index (χ3n) is 2.16. The highest BCUT2D eigenvalue weighted by molar-refractivity contribution is 9.10. The van der Waals surface area contributed by atoms with Gasteiger partial charge in [0.25, 0.3) is 0 Å². The van der Waals surface area contributed by atoms with Gasteiger partial charge in [-0.15, -0.1) is 0 Å². The van der Waals surface area contributed by atoms with Gasteiger partial charge in [0.05, 0.1) is 0 Å². The summed E-state index contributed by atoms with van der Waals surface area (Å²) in [7, 11) is 0. The lowest BCUT2D eigenvalue weighted by molar-refractivity contribution is 0.112. The van der Waals surface area contributed by atoms with Gasteiger partial charge in [0.2, 0.25) is 0 Å². The van der Waals surface area contributed by atoms with E-state index in [1.807, 2.05) is 0 Å². The molecule has 0 saturated heterocycles. The lowest BCUT2D eigenvalue weighted by atomic mass is 10.2. The Kier molecular flexibility index (Phi) is 3.72. The van der Waals surface area contributed by atoms with Crippen LogP contribution in [0.5, 0.6) is 11.5 Å². The van der Waals surface area contributed by atoms with E-state index >= 15 is 0 Å². The monoisotopic (exact) mass is 312 g/mol. The van der Waals surface area contributed by atoms with Gasteiger partial charge in [-0.05, 0) is 30.3 Å². The summed E-state index contributed by atoms with van der Waals surface area (Å²) in [5.41, 5.74) is 0.209. The molecule has 0 aromatic heterocycles. The number of carbonyl (C=O) groups is 1. The molecule has 2 rings (SSSR count). The second-order valence-corrected chi connectivity index (χ2v) is 4.43. The zero-order valence-corrected chi connectivity index (χ0v) is 10.6. The van der Waals surface area contributed by atoms with Crippen molar-refractivity contribution >= 4 is 22.2 Å². The van der Waals surface area contributed by atoms with Crippen molar-refractivity contribution in [2.75, 3.05) is 0 Å². The molecule has 5 heteroatoms. The number of rotatable bonds is 3. The summed E-state index contributed by atoms with van der Waals surface area (Å²) in [6.07, 6.45) is 0.533. The first kappa shape index (κ1) is 12.7. The second-order valence-electron chi connectivity index (χ2n) is 3.51. The Bertz CT molecular complexity index is 579. The van der Waals surface area contributed by atoms with Gasteiger partial charge in [-0.2, -0.15) is 0 Å². The minimum absolute atomic E-state index is 0.0712. The number of hydrogen-bond acceptors (Lipinski definition) is 2. The summed E-state index contributed by atoms with van der Waals surface area (Å²) >= 11 is 3.11. The van der Waals surface area contributed by atoms with E-state index in [-0.39, 0.29) is 17.1 Å². The fourth-order valence-electron chi connectivity index (χ4n) is 1.39. The molecule has 0 saturated carbocycles. The molecule has 2 aromatic carbocycles. The van der Waals surface area contributed by atoms with E-state index in [1.165, 1.54) is 24.3 Å². The molecule has 0 aliphatic rings. The quantitative estimate of drug-likeness (QED) is 0.788. The molecule has 0 aliphatic heterocycles. The molecular weight excluding hydrogens is 306 g/mol. The fourth-order valence-corrected chi connectivity index (χ4v) is 1.83. The number of carbonyl (C=O) groups excluding carboxylic acids is 1. The molecule has 92 valence electrons. The molecule has 18 heavy (non-hydrogen) atoms. The molecule has 0 atom stereocenters. The molecule has 0 aliphatic carbocycles. The lowest BCUT2D eigenvalue weighted by Gasteiger charge is -2.07. The van der Waals surface area contributed by atoms with Crippen molar-refractivity contribution in [3.8, 4) is 11.5 Å². The SMILES string of the molecule is O=Cc1ccc(Oc2cc(F)cc(Br)c2)c(F)c1. The van der Waals surface area contributed by atoms with Crippen LogP contribution in [0.1, 0.15) is 10.4 Å². The van der Waals surface area contributed by atoms with Gasteiger partial charge < -0.3 is 4.74 Å². The van der Waals surface area contributed by atoms with E-state index in [2.05, 4.69) is 15.9 Å². The zero-order valence-electron chi connectivity index (χ0n) is 8.99. The highest BCUT2D eigenvalue weighted by Gasteiger charge is 2.07. The average Bonchev–Trinajstić information content (AvgIpc) is 2.30. The summed E-state index contributed by atoms with van der Waals surface area (Å²) < 4.78 is 32.3. The van der Waals surface area contributed by atoms with Gasteiger partial charge in [0.15, 0.2) is 11.6 Å². The third-order valence-corrected chi connectivity index (χ3v) is 2.61. The Morgan fingerprint density at radius 3 is 2.50 bits per heavy atom. The van der Waals surface area contributed by atoms with Crippen molar-refractivity contribution in [3.63, 3.8) is 0 Å². The molecule has 0 N–H and O–H groups in total. The fraction of sp³-hybridized carbons (Fsp3) is 0. The first-order valence-corrected chi connectivity index (χ1v) is 5.76. The number of halogens is 3. The summed E-state index contributed by atoms with van der Waals surface area (Å²) in [6, 6.07) is 7.70. The van der Waals surface area contributed by atoms with E-state index in [0.717, 1.165) is 12.1 Å². The normalized spacial score (nSPS) is 10.2. The maximum absolute atomic E-state index is 13.5. The third kappa shape index (κ3) is 2.92. The largest absolute Gasteiger partial charge is 0.454 e. The minimum Gasteiger partial charge on any atom is -0.454 e. The molecule has 0 spiro atoms. The van der Waals surface area contributed by atoms with E-state index in [9.17, 15) is 13.6 Å². The topological polar surface area (TPSA) is 26.3 Å². The smallest absolute Gasteiger partial charge is 0.166 e. The van der Waals surface area contributed by atoms with E-state index in [0.29, 0.717) is 10.8 Å². The van der Waals surface area contributed by atoms with Crippen molar-refractivity contribution in [2.45, 2.75) is 0 Å². The summed E-state index contributed by atoms with van der Waals surface area (Å²) in [5, 5.41) is 0. The minimum atomic E-state index is -0.681. The molecule has 0 unspecified atom stereocenters. The molecule has 2 nitrogen and oxygen atoms in total. The van der Waals surface area contributed by atoms with Crippen LogP contribution in [0.4, 0.5) is 8.78 Å². The molecule has 0 heterocycles. The Labute approximate surface area is 110 Å². The average molecular weight is 313 g/mol. The lowest BCUT2D eigenvalue weighted by Crippen LogP contribution is -1.91. The van der Waals surface area contributed by atoms with Crippen LogP contribution in [-0.4, -0.2) is 6.29 Å². The van der Waals surface area contributed by atoms with Gasteiger partial charge in [-0.3, -0.25) is 4.79 Å². The van der Waals surface area contributed by atoms with E-state index in [4.69, 9.17) is 4.74 Å². The van der Waals surface area contributed by atoms with Crippen LogP contribution in [0.3, 0.4) is 0 Å². The van der Waals surface area contributed by atoms with Crippen LogP contribution in [0.15, 0.2) is 40.9 Å². The summed E-state index contributed by atoms with van der Waals surface area (Å²) in [4.78, 5) is 10.5. The molecule has 0 bridgehead atoms. The molecule has 0 fully saturated rings. The van der Waals surface area contributed by atoms with Crippen molar-refractivity contribution in [1.82, 2.24) is 0 Å². The Balaban J connectivity index is 2.31. The summed E-state index contributed by atoms with van der Waals surface area (Å²) in [6.45, 7) is 0. The maximum atomic E-state index is 13.5. The van der Waals surface area contributed by atoms with Crippen molar-refractivity contribution in [3.05, 3.63) is 58.1 Å². The number of ether oxygens (including phenoxy) is 1. The van der Waals surface area contributed by atoms with E-state index in [1.54, 1.807) is 0 Å². The molecule has 0 radical (unpaired) electrons. The van der Waals surface area contributed by atoms with E-state index < -0.39 is 11.6 Å². The number of aldehydes is 1. The highest BCUT2D eigenvalue weighted by Crippen LogP contribution is 2.28. The van der Waals surface area contributed by atoms with Gasteiger partial charge in [0.1, 0.15) is 17.9 Å². The Morgan fingerprint density at radius 1 is 1.11 bits per heavy atom.